The van der Waals surface area contributed by atoms with Gasteiger partial charge in [0.2, 0.25) is 0 Å². The van der Waals surface area contributed by atoms with Crippen molar-refractivity contribution in [3.05, 3.63) is 82.8 Å². The Morgan fingerprint density at radius 3 is 2.57 bits per heavy atom. The molecule has 0 radical (unpaired) electrons. The topological polar surface area (TPSA) is 66.8 Å². The molecule has 150 valence electrons. The van der Waals surface area contributed by atoms with E-state index in [2.05, 4.69) is 0 Å². The van der Waals surface area contributed by atoms with Crippen molar-refractivity contribution in [3.63, 3.8) is 0 Å². The Morgan fingerprint density at radius 1 is 1.07 bits per heavy atom. The summed E-state index contributed by atoms with van der Waals surface area (Å²) in [6.45, 7) is 0.0775. The lowest BCUT2D eigenvalue weighted by Gasteiger charge is -2.10. The third-order valence-electron chi connectivity index (χ3n) is 4.55. The largest absolute Gasteiger partial charge is 0.489 e. The molecule has 0 atom stereocenters. The monoisotopic (exact) mass is 435 g/mol. The lowest BCUT2D eigenvalue weighted by Crippen LogP contribution is -2.33. The van der Waals surface area contributed by atoms with Crippen molar-refractivity contribution in [1.29, 1.82) is 0 Å². The van der Waals surface area contributed by atoms with E-state index in [4.69, 9.17) is 22.1 Å². The molecule has 0 aromatic heterocycles. The first-order valence-electron chi connectivity index (χ1n) is 9.17. The summed E-state index contributed by atoms with van der Waals surface area (Å²) >= 11 is 6.25. The normalized spacial score (nSPS) is 15.2. The van der Waals surface area contributed by atoms with E-state index >= 15 is 0 Å². The Labute approximate surface area is 183 Å². The van der Waals surface area contributed by atoms with Gasteiger partial charge in [-0.2, -0.15) is 0 Å². The number of thioether (sulfide) groups is 1. The van der Waals surface area contributed by atoms with Gasteiger partial charge in [0.15, 0.2) is 0 Å². The number of thiocarbonyl (C=S) groups is 1. The van der Waals surface area contributed by atoms with Crippen LogP contribution in [0.1, 0.15) is 11.1 Å². The molecule has 1 aliphatic rings. The number of aliphatic carboxylic acids is 1. The highest BCUT2D eigenvalue weighted by atomic mass is 32.2. The molecule has 1 saturated heterocycles. The molecule has 1 heterocycles. The van der Waals surface area contributed by atoms with Crippen LogP contribution in [0.5, 0.6) is 5.75 Å². The number of carbonyl (C=O) groups is 2. The highest BCUT2D eigenvalue weighted by molar-refractivity contribution is 8.26. The minimum atomic E-state index is -1.09. The van der Waals surface area contributed by atoms with Gasteiger partial charge in [0, 0.05) is 0 Å². The van der Waals surface area contributed by atoms with Gasteiger partial charge < -0.3 is 9.84 Å². The SMILES string of the molecule is O=C(O)CN1C(=O)/C(=C/c2ccc3cc(OCc4ccccc4)ccc3c2)SC1=S. The fraction of sp³-hybridized carbons (Fsp3) is 0.0870. The summed E-state index contributed by atoms with van der Waals surface area (Å²) < 4.78 is 6.14. The van der Waals surface area contributed by atoms with Crippen LogP contribution in [0.15, 0.2) is 71.6 Å². The number of carbonyl (C=O) groups excluding carboxylic acids is 1. The molecule has 5 nitrogen and oxygen atoms in total. The fourth-order valence-electron chi connectivity index (χ4n) is 3.09. The molecule has 3 aromatic carbocycles. The number of hydrogen-bond acceptors (Lipinski definition) is 5. The molecule has 4 rings (SSSR count). The van der Waals surface area contributed by atoms with Crippen LogP contribution in [0.2, 0.25) is 0 Å². The number of fused-ring (bicyclic) bond motifs is 1. The Balaban J connectivity index is 1.51. The summed E-state index contributed by atoms with van der Waals surface area (Å²) in [5.74, 6) is -0.686. The smallest absolute Gasteiger partial charge is 0.323 e. The van der Waals surface area contributed by atoms with Gasteiger partial charge in [-0.25, -0.2) is 0 Å². The zero-order valence-electron chi connectivity index (χ0n) is 15.8. The summed E-state index contributed by atoms with van der Waals surface area (Å²) in [5.41, 5.74) is 1.95. The second-order valence-electron chi connectivity index (χ2n) is 6.70. The van der Waals surface area contributed by atoms with Crippen LogP contribution < -0.4 is 4.74 Å². The maximum Gasteiger partial charge on any atom is 0.323 e. The van der Waals surface area contributed by atoms with Gasteiger partial charge in [0.05, 0.1) is 4.91 Å². The van der Waals surface area contributed by atoms with Crippen LogP contribution in [0.25, 0.3) is 16.8 Å². The number of rotatable bonds is 6. The van der Waals surface area contributed by atoms with Gasteiger partial charge in [0.25, 0.3) is 5.91 Å². The predicted molar refractivity (Wildman–Crippen MR) is 122 cm³/mol. The molecular weight excluding hydrogens is 418 g/mol. The number of benzene rings is 3. The summed E-state index contributed by atoms with van der Waals surface area (Å²) in [5, 5.41) is 11.0. The van der Waals surface area contributed by atoms with E-state index in [9.17, 15) is 9.59 Å². The van der Waals surface area contributed by atoms with Crippen molar-refractivity contribution in [2.75, 3.05) is 6.54 Å². The third kappa shape index (κ3) is 4.53. The molecule has 1 fully saturated rings. The van der Waals surface area contributed by atoms with E-state index in [-0.39, 0.29) is 10.2 Å². The fourth-order valence-corrected chi connectivity index (χ4v) is 4.34. The van der Waals surface area contributed by atoms with Gasteiger partial charge in [-0.3, -0.25) is 14.5 Å². The number of amides is 1. The summed E-state index contributed by atoms with van der Waals surface area (Å²) in [7, 11) is 0. The quantitative estimate of drug-likeness (QED) is 0.447. The molecule has 1 aliphatic heterocycles. The van der Waals surface area contributed by atoms with E-state index in [1.807, 2.05) is 66.7 Å². The molecular formula is C23H17NO4S2. The molecule has 3 aromatic rings. The van der Waals surface area contributed by atoms with Crippen LogP contribution in [0.3, 0.4) is 0 Å². The number of ether oxygens (including phenoxy) is 1. The minimum absolute atomic E-state index is 0.259. The Hall–Kier alpha value is -3.16. The molecule has 1 amide bonds. The first-order valence-corrected chi connectivity index (χ1v) is 10.4. The summed E-state index contributed by atoms with van der Waals surface area (Å²) in [6, 6.07) is 21.7. The van der Waals surface area contributed by atoms with Crippen molar-refractivity contribution >= 4 is 57.0 Å². The van der Waals surface area contributed by atoms with Gasteiger partial charge in [0.1, 0.15) is 23.2 Å². The molecule has 30 heavy (non-hydrogen) atoms. The van der Waals surface area contributed by atoms with Gasteiger partial charge >= 0.3 is 5.97 Å². The maximum atomic E-state index is 12.4. The summed E-state index contributed by atoms with van der Waals surface area (Å²) in [4.78, 5) is 24.9. The van der Waals surface area contributed by atoms with Crippen molar-refractivity contribution in [2.24, 2.45) is 0 Å². The molecule has 0 saturated carbocycles. The predicted octanol–water partition coefficient (Wildman–Crippen LogP) is 4.70. The lowest BCUT2D eigenvalue weighted by atomic mass is 10.1. The molecule has 0 aliphatic carbocycles. The van der Waals surface area contributed by atoms with Crippen LogP contribution in [-0.4, -0.2) is 32.7 Å². The van der Waals surface area contributed by atoms with Gasteiger partial charge in [-0.1, -0.05) is 72.5 Å². The summed E-state index contributed by atoms with van der Waals surface area (Å²) in [6.07, 6.45) is 1.74. The first kappa shape index (κ1) is 20.1. The van der Waals surface area contributed by atoms with Crippen LogP contribution in [0.4, 0.5) is 0 Å². The second kappa shape index (κ2) is 8.69. The zero-order chi connectivity index (χ0) is 21.1. The number of carboxylic acid groups (broad SMARTS) is 1. The molecule has 0 unspecified atom stereocenters. The molecule has 0 spiro atoms. The number of hydrogen-bond donors (Lipinski definition) is 1. The maximum absolute atomic E-state index is 12.4. The van der Waals surface area contributed by atoms with Crippen molar-refractivity contribution in [1.82, 2.24) is 4.90 Å². The van der Waals surface area contributed by atoms with E-state index in [0.717, 1.165) is 44.3 Å². The van der Waals surface area contributed by atoms with Gasteiger partial charge in [-0.15, -0.1) is 0 Å². The molecule has 7 heteroatoms. The van der Waals surface area contributed by atoms with Crippen molar-refractivity contribution in [3.8, 4) is 5.75 Å². The number of carboxylic acids is 1. The van der Waals surface area contributed by atoms with Crippen LogP contribution >= 0.6 is 24.0 Å². The Morgan fingerprint density at radius 2 is 1.80 bits per heavy atom. The average molecular weight is 436 g/mol. The average Bonchev–Trinajstić information content (AvgIpc) is 3.00. The van der Waals surface area contributed by atoms with E-state index in [0.29, 0.717) is 11.5 Å². The minimum Gasteiger partial charge on any atom is -0.489 e. The van der Waals surface area contributed by atoms with Crippen molar-refractivity contribution < 1.29 is 19.4 Å². The van der Waals surface area contributed by atoms with Crippen LogP contribution in [0, 0.1) is 0 Å². The highest BCUT2D eigenvalue weighted by Crippen LogP contribution is 2.33. The van der Waals surface area contributed by atoms with E-state index < -0.39 is 12.5 Å². The molecule has 0 bridgehead atoms. The van der Waals surface area contributed by atoms with Crippen molar-refractivity contribution in [2.45, 2.75) is 6.61 Å². The standard InChI is InChI=1S/C23H17NO4S2/c25-21(26)13-24-22(27)20(30-23(24)29)11-16-6-7-18-12-19(9-8-17(18)10-16)28-14-15-4-2-1-3-5-15/h1-12H,13-14H2,(H,25,26)/b20-11-. The Kier molecular flexibility index (Phi) is 5.83. The zero-order valence-corrected chi connectivity index (χ0v) is 17.4. The van der Waals surface area contributed by atoms with E-state index in [1.165, 1.54) is 0 Å². The third-order valence-corrected chi connectivity index (χ3v) is 5.93. The highest BCUT2D eigenvalue weighted by Gasteiger charge is 2.33. The lowest BCUT2D eigenvalue weighted by molar-refractivity contribution is -0.140. The molecule has 1 N–H and O–H groups in total. The van der Waals surface area contributed by atoms with Gasteiger partial charge in [-0.05, 0) is 46.2 Å². The first-order chi connectivity index (χ1) is 14.5. The number of nitrogens with zero attached hydrogens (tertiary/aromatic N) is 1. The Bertz CT molecular complexity index is 1170. The van der Waals surface area contributed by atoms with Crippen LogP contribution in [-0.2, 0) is 16.2 Å². The second-order valence-corrected chi connectivity index (χ2v) is 8.38. The van der Waals surface area contributed by atoms with E-state index in [1.54, 1.807) is 6.08 Å².